The summed E-state index contributed by atoms with van der Waals surface area (Å²) in [4.78, 5) is -0.0354. The summed E-state index contributed by atoms with van der Waals surface area (Å²) >= 11 is 12.4. The van der Waals surface area contributed by atoms with Crippen molar-refractivity contribution in [3.8, 4) is 0 Å². The molecule has 0 spiro atoms. The number of rotatable bonds is 3. The highest BCUT2D eigenvalue weighted by atomic mass is 35.5. The number of benzene rings is 2. The molecule has 2 atom stereocenters. The number of halogens is 2. The van der Waals surface area contributed by atoms with Crippen molar-refractivity contribution in [1.82, 2.24) is 4.31 Å². The molecule has 0 saturated carbocycles. The summed E-state index contributed by atoms with van der Waals surface area (Å²) in [5, 5.41) is 0.293. The molecule has 0 bridgehead atoms. The van der Waals surface area contributed by atoms with Crippen molar-refractivity contribution in [2.24, 2.45) is 5.73 Å². The van der Waals surface area contributed by atoms with Crippen LogP contribution < -0.4 is 5.73 Å². The molecule has 0 aromatic heterocycles. The summed E-state index contributed by atoms with van der Waals surface area (Å²) in [7, 11) is -3.81. The number of sulfonamides is 1. The van der Waals surface area contributed by atoms with Crippen molar-refractivity contribution in [2.75, 3.05) is 13.1 Å². The van der Waals surface area contributed by atoms with E-state index >= 15 is 0 Å². The van der Waals surface area contributed by atoms with Gasteiger partial charge in [0.15, 0.2) is 0 Å². The third-order valence-corrected chi connectivity index (χ3v) is 7.34. The zero-order valence-corrected chi connectivity index (χ0v) is 15.4. The minimum Gasteiger partial charge on any atom is -0.326 e. The fourth-order valence-electron chi connectivity index (χ4n) is 3.04. The maximum absolute atomic E-state index is 13.1. The number of hydrogen-bond acceptors (Lipinski definition) is 3. The van der Waals surface area contributed by atoms with Crippen LogP contribution in [0.3, 0.4) is 0 Å². The van der Waals surface area contributed by atoms with Crippen LogP contribution in [0.1, 0.15) is 17.0 Å². The molecule has 2 N–H and O–H groups in total. The molecule has 1 heterocycles. The fraction of sp³-hybridized carbons (Fsp3) is 0.294. The van der Waals surface area contributed by atoms with Crippen LogP contribution in [0.2, 0.25) is 10.0 Å². The van der Waals surface area contributed by atoms with Crippen LogP contribution in [-0.2, 0) is 10.0 Å². The molecule has 7 heteroatoms. The molecular formula is C17H18Cl2N2O2S. The molecule has 0 amide bonds. The van der Waals surface area contributed by atoms with E-state index in [-0.39, 0.29) is 33.4 Å². The molecule has 24 heavy (non-hydrogen) atoms. The van der Waals surface area contributed by atoms with Gasteiger partial charge < -0.3 is 5.73 Å². The zero-order chi connectivity index (χ0) is 17.5. The van der Waals surface area contributed by atoms with Gasteiger partial charge in [0.1, 0.15) is 4.90 Å². The number of hydrogen-bond donors (Lipinski definition) is 1. The highest BCUT2D eigenvalue weighted by Gasteiger charge is 2.40. The molecule has 0 radical (unpaired) electrons. The first-order valence-electron chi connectivity index (χ1n) is 7.57. The van der Waals surface area contributed by atoms with Crippen molar-refractivity contribution in [3.63, 3.8) is 0 Å². The summed E-state index contributed by atoms with van der Waals surface area (Å²) in [5.41, 5.74) is 7.91. The third-order valence-electron chi connectivity index (χ3n) is 4.40. The molecule has 1 aliphatic heterocycles. The Morgan fingerprint density at radius 2 is 1.75 bits per heavy atom. The smallest absolute Gasteiger partial charge is 0.246 e. The van der Waals surface area contributed by atoms with Gasteiger partial charge in [-0.2, -0.15) is 4.31 Å². The first-order valence-corrected chi connectivity index (χ1v) is 9.77. The standard InChI is InChI=1S/C17H18Cl2N2O2S/c1-11-7-8-14(18)17(16(11)19)24(22,23)21-9-13(15(20)10-21)12-5-3-2-4-6-12/h2-8,13,15H,9-10,20H2,1H3/t13-,15+/m0/s1. The van der Waals surface area contributed by atoms with Gasteiger partial charge in [-0.05, 0) is 24.1 Å². The Balaban J connectivity index is 1.97. The van der Waals surface area contributed by atoms with Crippen molar-refractivity contribution >= 4 is 33.2 Å². The predicted molar refractivity (Wildman–Crippen MR) is 97.1 cm³/mol. The summed E-state index contributed by atoms with van der Waals surface area (Å²) in [6, 6.07) is 12.7. The molecule has 3 rings (SSSR count). The van der Waals surface area contributed by atoms with Crippen LogP contribution >= 0.6 is 23.2 Å². The van der Waals surface area contributed by atoms with Crippen LogP contribution in [-0.4, -0.2) is 31.9 Å². The van der Waals surface area contributed by atoms with E-state index in [1.165, 1.54) is 4.31 Å². The SMILES string of the molecule is Cc1ccc(Cl)c(S(=O)(=O)N2C[C@@H](N)[C@H](c3ccccc3)C2)c1Cl. The van der Waals surface area contributed by atoms with Gasteiger partial charge in [0.2, 0.25) is 10.0 Å². The van der Waals surface area contributed by atoms with Gasteiger partial charge in [-0.1, -0.05) is 59.6 Å². The second kappa shape index (κ2) is 6.65. The Morgan fingerprint density at radius 3 is 2.42 bits per heavy atom. The van der Waals surface area contributed by atoms with Crippen LogP contribution in [0, 0.1) is 6.92 Å². The molecule has 1 aliphatic rings. The largest absolute Gasteiger partial charge is 0.326 e. The topological polar surface area (TPSA) is 63.4 Å². The zero-order valence-electron chi connectivity index (χ0n) is 13.1. The average Bonchev–Trinajstić information content (AvgIpc) is 2.95. The number of nitrogens with zero attached hydrogens (tertiary/aromatic N) is 1. The van der Waals surface area contributed by atoms with E-state index in [0.29, 0.717) is 12.1 Å². The highest BCUT2D eigenvalue weighted by molar-refractivity contribution is 7.89. The summed E-state index contributed by atoms with van der Waals surface area (Å²) in [6.07, 6.45) is 0. The van der Waals surface area contributed by atoms with Gasteiger partial charge in [0.25, 0.3) is 0 Å². The molecule has 0 unspecified atom stereocenters. The van der Waals surface area contributed by atoms with Crippen LogP contribution in [0.15, 0.2) is 47.4 Å². The van der Waals surface area contributed by atoms with Gasteiger partial charge in [-0.25, -0.2) is 8.42 Å². The van der Waals surface area contributed by atoms with Crippen LogP contribution in [0.5, 0.6) is 0 Å². The Bertz CT molecular complexity index is 856. The molecule has 2 aromatic carbocycles. The molecule has 0 aliphatic carbocycles. The summed E-state index contributed by atoms with van der Waals surface area (Å²) < 4.78 is 27.5. The Kier molecular flexibility index (Phi) is 4.91. The van der Waals surface area contributed by atoms with E-state index in [0.717, 1.165) is 5.56 Å². The van der Waals surface area contributed by atoms with E-state index in [4.69, 9.17) is 28.9 Å². The maximum atomic E-state index is 13.1. The number of aryl methyl sites for hydroxylation is 1. The Labute approximate surface area is 152 Å². The second-order valence-corrected chi connectivity index (χ2v) is 8.67. The predicted octanol–water partition coefficient (Wildman–Crippen LogP) is 3.42. The second-order valence-electron chi connectivity index (χ2n) is 6.01. The lowest BCUT2D eigenvalue weighted by Crippen LogP contribution is -2.32. The van der Waals surface area contributed by atoms with Crippen LogP contribution in [0.4, 0.5) is 0 Å². The van der Waals surface area contributed by atoms with Crippen molar-refractivity contribution < 1.29 is 8.42 Å². The molecule has 1 saturated heterocycles. The van der Waals surface area contributed by atoms with E-state index in [9.17, 15) is 8.42 Å². The quantitative estimate of drug-likeness (QED) is 0.881. The van der Waals surface area contributed by atoms with Gasteiger partial charge >= 0.3 is 0 Å². The lowest BCUT2D eigenvalue weighted by Gasteiger charge is -2.19. The lowest BCUT2D eigenvalue weighted by atomic mass is 9.95. The third kappa shape index (κ3) is 3.07. The van der Waals surface area contributed by atoms with E-state index < -0.39 is 10.0 Å². The monoisotopic (exact) mass is 384 g/mol. The average molecular weight is 385 g/mol. The molecule has 4 nitrogen and oxygen atoms in total. The highest BCUT2D eigenvalue weighted by Crippen LogP contribution is 2.37. The van der Waals surface area contributed by atoms with Gasteiger partial charge in [-0.3, -0.25) is 0 Å². The molecule has 1 fully saturated rings. The van der Waals surface area contributed by atoms with Crippen molar-refractivity contribution in [1.29, 1.82) is 0 Å². The summed E-state index contributed by atoms with van der Waals surface area (Å²) in [6.45, 7) is 2.30. The normalized spacial score (nSPS) is 22.0. The summed E-state index contributed by atoms with van der Waals surface area (Å²) in [5.74, 6) is -0.0525. The van der Waals surface area contributed by atoms with Gasteiger partial charge in [0, 0.05) is 25.0 Å². The van der Waals surface area contributed by atoms with Crippen molar-refractivity contribution in [2.45, 2.75) is 23.8 Å². The first-order chi connectivity index (χ1) is 11.3. The van der Waals surface area contributed by atoms with Gasteiger partial charge in [0.05, 0.1) is 10.0 Å². The first kappa shape index (κ1) is 17.7. The van der Waals surface area contributed by atoms with E-state index in [1.807, 2.05) is 30.3 Å². The minimum atomic E-state index is -3.81. The van der Waals surface area contributed by atoms with Crippen molar-refractivity contribution in [3.05, 3.63) is 63.6 Å². The molecular weight excluding hydrogens is 367 g/mol. The van der Waals surface area contributed by atoms with Crippen LogP contribution in [0.25, 0.3) is 0 Å². The Hall–Kier alpha value is -1.11. The molecule has 2 aromatic rings. The maximum Gasteiger partial charge on any atom is 0.246 e. The fourth-order valence-corrected chi connectivity index (χ4v) is 5.68. The minimum absolute atomic E-state index is 0.0354. The molecule has 128 valence electrons. The van der Waals surface area contributed by atoms with E-state index in [2.05, 4.69) is 0 Å². The van der Waals surface area contributed by atoms with E-state index in [1.54, 1.807) is 19.1 Å². The Morgan fingerprint density at radius 1 is 1.08 bits per heavy atom. The number of nitrogens with two attached hydrogens (primary N) is 1. The van der Waals surface area contributed by atoms with Gasteiger partial charge in [-0.15, -0.1) is 0 Å². The lowest BCUT2D eigenvalue weighted by molar-refractivity contribution is 0.470.